The molecular formula is C17H14N2O3S2. The van der Waals surface area contributed by atoms with Gasteiger partial charge in [0.25, 0.3) is 11.8 Å². The predicted molar refractivity (Wildman–Crippen MR) is 98.1 cm³/mol. The van der Waals surface area contributed by atoms with Gasteiger partial charge in [0.2, 0.25) is 0 Å². The zero-order valence-electron chi connectivity index (χ0n) is 12.8. The van der Waals surface area contributed by atoms with Gasteiger partial charge in [0.15, 0.2) is 5.11 Å². The van der Waals surface area contributed by atoms with Gasteiger partial charge in [0.05, 0.1) is 12.3 Å². The van der Waals surface area contributed by atoms with Crippen LogP contribution in [0.5, 0.6) is 5.75 Å². The molecule has 2 heterocycles. The number of amides is 2. The highest BCUT2D eigenvalue weighted by atomic mass is 32.1. The van der Waals surface area contributed by atoms with E-state index in [-0.39, 0.29) is 10.7 Å². The van der Waals surface area contributed by atoms with E-state index in [2.05, 4.69) is 5.32 Å². The van der Waals surface area contributed by atoms with E-state index in [1.54, 1.807) is 30.3 Å². The zero-order valence-corrected chi connectivity index (χ0v) is 14.4. The molecule has 2 aromatic rings. The minimum absolute atomic E-state index is 0.0489. The van der Waals surface area contributed by atoms with Crippen LogP contribution in [0.2, 0.25) is 0 Å². The number of ether oxygens (including phenoxy) is 1. The molecule has 1 N–H and O–H groups in total. The van der Waals surface area contributed by atoms with Gasteiger partial charge in [-0.1, -0.05) is 12.1 Å². The predicted octanol–water partition coefficient (Wildman–Crippen LogP) is 2.98. The lowest BCUT2D eigenvalue weighted by molar-refractivity contribution is -0.122. The summed E-state index contributed by atoms with van der Waals surface area (Å²) in [4.78, 5) is 27.1. The van der Waals surface area contributed by atoms with Crippen molar-refractivity contribution in [1.82, 2.24) is 5.32 Å². The van der Waals surface area contributed by atoms with E-state index in [1.807, 2.05) is 24.4 Å². The first kappa shape index (κ1) is 16.4. The Balaban J connectivity index is 1.98. The highest BCUT2D eigenvalue weighted by Crippen LogP contribution is 2.26. The van der Waals surface area contributed by atoms with Crippen molar-refractivity contribution in [2.75, 3.05) is 11.5 Å². The number of thiophene rings is 1. The van der Waals surface area contributed by atoms with Gasteiger partial charge in [-0.05, 0) is 48.8 Å². The normalized spacial score (nSPS) is 16.5. The summed E-state index contributed by atoms with van der Waals surface area (Å²) >= 11 is 6.63. The Hall–Kier alpha value is -2.51. The zero-order chi connectivity index (χ0) is 17.1. The van der Waals surface area contributed by atoms with Crippen LogP contribution in [-0.2, 0) is 9.59 Å². The molecule has 3 rings (SSSR count). The van der Waals surface area contributed by atoms with Gasteiger partial charge in [0.1, 0.15) is 11.3 Å². The standard InChI is InChI=1S/C17H14N2O3S2/c1-2-22-12-6-3-5-11(9-12)19-16(21)14(15(20)18-17(19)23)10-13-7-4-8-24-13/h3-10H,2H2,1H3,(H,18,20,23)/b14-10-. The summed E-state index contributed by atoms with van der Waals surface area (Å²) in [6, 6.07) is 10.7. The summed E-state index contributed by atoms with van der Waals surface area (Å²) in [6.07, 6.45) is 1.57. The summed E-state index contributed by atoms with van der Waals surface area (Å²) in [5, 5.41) is 4.50. The van der Waals surface area contributed by atoms with Crippen LogP contribution in [0.4, 0.5) is 5.69 Å². The average Bonchev–Trinajstić information content (AvgIpc) is 3.05. The Morgan fingerprint density at radius 1 is 1.29 bits per heavy atom. The van der Waals surface area contributed by atoms with Crippen LogP contribution in [0.15, 0.2) is 47.4 Å². The van der Waals surface area contributed by atoms with Crippen molar-refractivity contribution in [3.05, 3.63) is 52.2 Å². The lowest BCUT2D eigenvalue weighted by Crippen LogP contribution is -2.54. The molecule has 2 amide bonds. The lowest BCUT2D eigenvalue weighted by Gasteiger charge is -2.29. The van der Waals surface area contributed by atoms with Gasteiger partial charge >= 0.3 is 0 Å². The van der Waals surface area contributed by atoms with E-state index >= 15 is 0 Å². The summed E-state index contributed by atoms with van der Waals surface area (Å²) in [7, 11) is 0. The summed E-state index contributed by atoms with van der Waals surface area (Å²) in [5.41, 5.74) is 0.598. The molecule has 0 atom stereocenters. The number of thiocarbonyl (C=S) groups is 1. The van der Waals surface area contributed by atoms with Gasteiger partial charge in [-0.25, -0.2) is 0 Å². The van der Waals surface area contributed by atoms with Crippen LogP contribution in [-0.4, -0.2) is 23.5 Å². The topological polar surface area (TPSA) is 58.6 Å². The second kappa shape index (κ2) is 6.94. The first-order valence-electron chi connectivity index (χ1n) is 7.28. The van der Waals surface area contributed by atoms with Gasteiger partial charge in [-0.2, -0.15) is 0 Å². The van der Waals surface area contributed by atoms with E-state index in [9.17, 15) is 9.59 Å². The second-order valence-corrected chi connectivity index (χ2v) is 6.27. The molecule has 0 bridgehead atoms. The van der Waals surface area contributed by atoms with Crippen molar-refractivity contribution in [1.29, 1.82) is 0 Å². The molecule has 24 heavy (non-hydrogen) atoms. The molecule has 0 unspecified atom stereocenters. The van der Waals surface area contributed by atoms with Crippen molar-refractivity contribution in [3.8, 4) is 5.75 Å². The number of carbonyl (C=O) groups is 2. The van der Waals surface area contributed by atoms with Gasteiger partial charge < -0.3 is 4.74 Å². The van der Waals surface area contributed by atoms with Gasteiger partial charge in [-0.3, -0.25) is 19.8 Å². The third-order valence-corrected chi connectivity index (χ3v) is 4.42. The number of carbonyl (C=O) groups excluding carboxylic acids is 2. The Kier molecular flexibility index (Phi) is 4.73. The molecule has 122 valence electrons. The molecule has 0 radical (unpaired) electrons. The second-order valence-electron chi connectivity index (χ2n) is 4.90. The van der Waals surface area contributed by atoms with E-state index < -0.39 is 11.8 Å². The highest BCUT2D eigenvalue weighted by Gasteiger charge is 2.34. The average molecular weight is 358 g/mol. The third-order valence-electron chi connectivity index (χ3n) is 3.32. The fourth-order valence-electron chi connectivity index (χ4n) is 2.29. The molecule has 0 saturated carbocycles. The Labute approximate surface area is 148 Å². The van der Waals surface area contributed by atoms with Crippen molar-refractivity contribution in [2.24, 2.45) is 0 Å². The monoisotopic (exact) mass is 358 g/mol. The van der Waals surface area contributed by atoms with Crippen molar-refractivity contribution in [3.63, 3.8) is 0 Å². The van der Waals surface area contributed by atoms with Crippen LogP contribution in [0.3, 0.4) is 0 Å². The number of nitrogens with zero attached hydrogens (tertiary/aromatic N) is 1. The van der Waals surface area contributed by atoms with Crippen LogP contribution in [0.25, 0.3) is 6.08 Å². The van der Waals surface area contributed by atoms with Crippen LogP contribution < -0.4 is 15.0 Å². The smallest absolute Gasteiger partial charge is 0.270 e. The van der Waals surface area contributed by atoms with Crippen molar-refractivity contribution >= 4 is 52.2 Å². The maximum Gasteiger partial charge on any atom is 0.270 e. The van der Waals surface area contributed by atoms with E-state index in [4.69, 9.17) is 17.0 Å². The molecule has 1 aliphatic rings. The fourth-order valence-corrected chi connectivity index (χ4v) is 3.22. The van der Waals surface area contributed by atoms with Gasteiger partial charge in [0, 0.05) is 10.9 Å². The van der Waals surface area contributed by atoms with E-state index in [0.717, 1.165) is 4.88 Å². The number of benzene rings is 1. The molecular weight excluding hydrogens is 344 g/mol. The largest absolute Gasteiger partial charge is 0.494 e. The Morgan fingerprint density at radius 3 is 2.83 bits per heavy atom. The van der Waals surface area contributed by atoms with E-state index in [1.165, 1.54) is 16.2 Å². The molecule has 1 fully saturated rings. The molecule has 1 aromatic heterocycles. The minimum atomic E-state index is -0.490. The number of rotatable bonds is 4. The lowest BCUT2D eigenvalue weighted by atomic mass is 10.1. The Bertz CT molecular complexity index is 828. The van der Waals surface area contributed by atoms with Crippen LogP contribution in [0.1, 0.15) is 11.8 Å². The fraction of sp³-hybridized carbons (Fsp3) is 0.118. The quantitative estimate of drug-likeness (QED) is 0.519. The molecule has 0 spiro atoms. The SMILES string of the molecule is CCOc1cccc(N2C(=O)/C(=C\c3cccs3)C(=O)NC2=S)c1. The minimum Gasteiger partial charge on any atom is -0.494 e. The van der Waals surface area contributed by atoms with Crippen LogP contribution >= 0.6 is 23.6 Å². The first-order chi connectivity index (χ1) is 11.6. The van der Waals surface area contributed by atoms with Crippen LogP contribution in [0, 0.1) is 0 Å². The summed E-state index contributed by atoms with van der Waals surface area (Å²) < 4.78 is 5.46. The maximum atomic E-state index is 12.8. The first-order valence-corrected chi connectivity index (χ1v) is 8.56. The highest BCUT2D eigenvalue weighted by molar-refractivity contribution is 7.80. The van der Waals surface area contributed by atoms with Crippen molar-refractivity contribution < 1.29 is 14.3 Å². The maximum absolute atomic E-state index is 12.8. The molecule has 7 heteroatoms. The molecule has 1 aromatic carbocycles. The molecule has 1 aliphatic heterocycles. The van der Waals surface area contributed by atoms with Crippen molar-refractivity contribution in [2.45, 2.75) is 6.92 Å². The third kappa shape index (κ3) is 3.22. The molecule has 1 saturated heterocycles. The molecule has 0 aliphatic carbocycles. The summed E-state index contributed by atoms with van der Waals surface area (Å²) in [6.45, 7) is 2.40. The number of hydrogen-bond acceptors (Lipinski definition) is 5. The number of hydrogen-bond donors (Lipinski definition) is 1. The van der Waals surface area contributed by atoms with E-state index in [0.29, 0.717) is 18.0 Å². The number of anilines is 1. The van der Waals surface area contributed by atoms with Gasteiger partial charge in [-0.15, -0.1) is 11.3 Å². The summed E-state index contributed by atoms with van der Waals surface area (Å²) in [5.74, 6) is -0.312. The number of nitrogens with one attached hydrogen (secondary N) is 1. The molecule has 5 nitrogen and oxygen atoms in total. The Morgan fingerprint density at radius 2 is 2.12 bits per heavy atom.